The van der Waals surface area contributed by atoms with Crippen LogP contribution in [-0.2, 0) is 6.18 Å². The van der Waals surface area contributed by atoms with Gasteiger partial charge in [-0.25, -0.2) is 0 Å². The number of alkyl halides is 3. The predicted molar refractivity (Wildman–Crippen MR) is 56.1 cm³/mol. The summed E-state index contributed by atoms with van der Waals surface area (Å²) in [6, 6.07) is 2.74. The van der Waals surface area contributed by atoms with Crippen LogP contribution in [0.15, 0.2) is 24.4 Å². The molecule has 0 atom stereocenters. The highest BCUT2D eigenvalue weighted by molar-refractivity contribution is 6.38. The normalized spacial score (nSPS) is 11.8. The molecule has 0 spiro atoms. The van der Waals surface area contributed by atoms with Crippen LogP contribution < -0.4 is 5.11 Å². The summed E-state index contributed by atoms with van der Waals surface area (Å²) in [7, 11) is 0. The lowest BCUT2D eigenvalue weighted by molar-refractivity contribution is -0.255. The summed E-state index contributed by atoms with van der Waals surface area (Å²) >= 11 is 5.73. The van der Waals surface area contributed by atoms with Crippen LogP contribution in [0.1, 0.15) is 15.9 Å². The first-order valence-corrected chi connectivity index (χ1v) is 5.05. The summed E-state index contributed by atoms with van der Waals surface area (Å²) in [5, 5.41) is 10.3. The molecule has 2 rings (SSSR count). The zero-order chi connectivity index (χ0) is 13.5. The minimum Gasteiger partial charge on any atom is -0.545 e. The van der Waals surface area contributed by atoms with Gasteiger partial charge in [0.1, 0.15) is 0 Å². The van der Waals surface area contributed by atoms with Gasteiger partial charge in [-0.05, 0) is 18.2 Å². The third-order valence-corrected chi connectivity index (χ3v) is 2.76. The minimum atomic E-state index is -4.53. The molecule has 0 amide bonds. The lowest BCUT2D eigenvalue weighted by Gasteiger charge is -2.10. The van der Waals surface area contributed by atoms with Crippen molar-refractivity contribution in [1.29, 1.82) is 0 Å². The Balaban J connectivity index is 2.75. The molecule has 0 unspecified atom stereocenters. The number of aromatic carboxylic acids is 1. The SMILES string of the molecule is O=C([O-])c1cnc2ccc(C(F)(F)F)cc2c1Cl. The smallest absolute Gasteiger partial charge is 0.416 e. The summed E-state index contributed by atoms with van der Waals surface area (Å²) < 4.78 is 37.5. The highest BCUT2D eigenvalue weighted by Gasteiger charge is 2.30. The molecule has 7 heteroatoms. The Labute approximate surface area is 104 Å². The van der Waals surface area contributed by atoms with Crippen molar-refractivity contribution in [3.8, 4) is 0 Å². The van der Waals surface area contributed by atoms with Gasteiger partial charge in [0, 0.05) is 17.1 Å². The second-order valence-electron chi connectivity index (χ2n) is 3.50. The summed E-state index contributed by atoms with van der Waals surface area (Å²) in [6.07, 6.45) is -3.58. The number of carboxylic acids is 1. The number of carboxylic acid groups (broad SMARTS) is 1. The van der Waals surface area contributed by atoms with Crippen molar-refractivity contribution < 1.29 is 23.1 Å². The molecular formula is C11H4ClF3NO2-. The van der Waals surface area contributed by atoms with Gasteiger partial charge in [-0.3, -0.25) is 4.98 Å². The molecular weight excluding hydrogens is 271 g/mol. The van der Waals surface area contributed by atoms with E-state index in [0.29, 0.717) is 0 Å². The van der Waals surface area contributed by atoms with Crippen molar-refractivity contribution in [3.05, 3.63) is 40.5 Å². The average molecular weight is 275 g/mol. The van der Waals surface area contributed by atoms with E-state index in [9.17, 15) is 23.1 Å². The van der Waals surface area contributed by atoms with E-state index in [-0.39, 0.29) is 15.9 Å². The van der Waals surface area contributed by atoms with Crippen LogP contribution in [0.5, 0.6) is 0 Å². The zero-order valence-electron chi connectivity index (χ0n) is 8.58. The van der Waals surface area contributed by atoms with Crippen LogP contribution in [0.4, 0.5) is 13.2 Å². The Morgan fingerprint density at radius 3 is 2.56 bits per heavy atom. The Morgan fingerprint density at radius 1 is 1.33 bits per heavy atom. The van der Waals surface area contributed by atoms with Crippen molar-refractivity contribution in [2.24, 2.45) is 0 Å². The monoisotopic (exact) mass is 274 g/mol. The molecule has 0 saturated carbocycles. The summed E-state index contributed by atoms with van der Waals surface area (Å²) in [6.45, 7) is 0. The molecule has 0 aliphatic heterocycles. The van der Waals surface area contributed by atoms with Crippen molar-refractivity contribution in [2.75, 3.05) is 0 Å². The van der Waals surface area contributed by atoms with Gasteiger partial charge < -0.3 is 9.90 Å². The second-order valence-corrected chi connectivity index (χ2v) is 3.88. The molecule has 1 heterocycles. The molecule has 1 aromatic heterocycles. The van der Waals surface area contributed by atoms with Gasteiger partial charge in [0.25, 0.3) is 0 Å². The Kier molecular flexibility index (Phi) is 2.90. The summed E-state index contributed by atoms with van der Waals surface area (Å²) in [4.78, 5) is 14.4. The van der Waals surface area contributed by atoms with Crippen molar-refractivity contribution >= 4 is 28.5 Å². The fourth-order valence-electron chi connectivity index (χ4n) is 1.48. The van der Waals surface area contributed by atoms with E-state index in [1.165, 1.54) is 0 Å². The topological polar surface area (TPSA) is 53.0 Å². The second kappa shape index (κ2) is 4.13. The number of aromatic nitrogens is 1. The Bertz CT molecular complexity index is 640. The lowest BCUT2D eigenvalue weighted by atomic mass is 10.1. The van der Waals surface area contributed by atoms with Crippen LogP contribution in [-0.4, -0.2) is 11.0 Å². The maximum Gasteiger partial charge on any atom is 0.416 e. The quantitative estimate of drug-likeness (QED) is 0.801. The van der Waals surface area contributed by atoms with Gasteiger partial charge in [0.2, 0.25) is 0 Å². The van der Waals surface area contributed by atoms with Crippen LogP contribution in [0.2, 0.25) is 5.02 Å². The van der Waals surface area contributed by atoms with Crippen molar-refractivity contribution in [3.63, 3.8) is 0 Å². The van der Waals surface area contributed by atoms with E-state index in [1.807, 2.05) is 0 Å². The van der Waals surface area contributed by atoms with Gasteiger partial charge in [-0.15, -0.1) is 0 Å². The zero-order valence-corrected chi connectivity index (χ0v) is 9.34. The third kappa shape index (κ3) is 2.11. The van der Waals surface area contributed by atoms with Crippen molar-refractivity contribution in [2.45, 2.75) is 6.18 Å². The van der Waals surface area contributed by atoms with Crippen LogP contribution in [0, 0.1) is 0 Å². The number of benzene rings is 1. The van der Waals surface area contributed by atoms with E-state index >= 15 is 0 Å². The summed E-state index contributed by atoms with van der Waals surface area (Å²) in [5.41, 5.74) is -1.18. The lowest BCUT2D eigenvalue weighted by Crippen LogP contribution is -2.22. The molecule has 0 aliphatic rings. The third-order valence-electron chi connectivity index (χ3n) is 2.35. The maximum absolute atomic E-state index is 12.5. The number of pyridine rings is 1. The standard InChI is InChI=1S/C11H5ClF3NO2/c12-9-6-3-5(11(13,14)15)1-2-8(6)16-4-7(9)10(17)18/h1-4H,(H,17,18)/p-1. The van der Waals surface area contributed by atoms with E-state index in [1.54, 1.807) is 0 Å². The molecule has 0 aliphatic carbocycles. The van der Waals surface area contributed by atoms with E-state index < -0.39 is 23.3 Å². The molecule has 1 aromatic carbocycles. The van der Waals surface area contributed by atoms with Crippen LogP contribution >= 0.6 is 11.6 Å². The Hall–Kier alpha value is -1.82. The number of carbonyl (C=O) groups is 1. The van der Waals surface area contributed by atoms with Crippen molar-refractivity contribution in [1.82, 2.24) is 4.98 Å². The van der Waals surface area contributed by atoms with E-state index in [2.05, 4.69) is 4.98 Å². The predicted octanol–water partition coefficient (Wildman–Crippen LogP) is 2.27. The van der Waals surface area contributed by atoms with Gasteiger partial charge in [-0.2, -0.15) is 13.2 Å². The number of fused-ring (bicyclic) bond motifs is 1. The largest absolute Gasteiger partial charge is 0.545 e. The molecule has 18 heavy (non-hydrogen) atoms. The molecule has 0 saturated heterocycles. The molecule has 94 valence electrons. The highest BCUT2D eigenvalue weighted by Crippen LogP contribution is 2.33. The van der Waals surface area contributed by atoms with Crippen LogP contribution in [0.25, 0.3) is 10.9 Å². The summed E-state index contributed by atoms with van der Waals surface area (Å²) in [5.74, 6) is -1.59. The van der Waals surface area contributed by atoms with E-state index in [0.717, 1.165) is 24.4 Å². The number of halogens is 4. The fraction of sp³-hybridized carbons (Fsp3) is 0.0909. The number of carbonyl (C=O) groups excluding carboxylic acids is 1. The number of rotatable bonds is 1. The molecule has 0 bridgehead atoms. The number of hydrogen-bond donors (Lipinski definition) is 0. The van der Waals surface area contributed by atoms with Gasteiger partial charge in [0.05, 0.1) is 22.1 Å². The first kappa shape index (κ1) is 12.6. The minimum absolute atomic E-state index is 0.0757. The molecule has 0 radical (unpaired) electrons. The van der Waals surface area contributed by atoms with Crippen LogP contribution in [0.3, 0.4) is 0 Å². The molecule has 0 fully saturated rings. The maximum atomic E-state index is 12.5. The van der Waals surface area contributed by atoms with E-state index in [4.69, 9.17) is 11.6 Å². The number of hydrogen-bond acceptors (Lipinski definition) is 3. The Morgan fingerprint density at radius 2 is 2.00 bits per heavy atom. The molecule has 0 N–H and O–H groups in total. The average Bonchev–Trinajstić information content (AvgIpc) is 2.27. The molecule has 2 aromatic rings. The van der Waals surface area contributed by atoms with Gasteiger partial charge in [-0.1, -0.05) is 11.6 Å². The van der Waals surface area contributed by atoms with Gasteiger partial charge >= 0.3 is 6.18 Å². The number of nitrogens with zero attached hydrogens (tertiary/aromatic N) is 1. The van der Waals surface area contributed by atoms with Gasteiger partial charge in [0.15, 0.2) is 0 Å². The highest BCUT2D eigenvalue weighted by atomic mass is 35.5. The molecule has 3 nitrogen and oxygen atoms in total. The first-order valence-electron chi connectivity index (χ1n) is 4.67. The first-order chi connectivity index (χ1) is 8.30. The fourth-order valence-corrected chi connectivity index (χ4v) is 1.76.